The van der Waals surface area contributed by atoms with Crippen LogP contribution in [0, 0.1) is 0 Å². The zero-order valence-electron chi connectivity index (χ0n) is 18.0. The maximum Gasteiger partial charge on any atom is 0.257 e. The number of aromatic nitrogens is 6. The summed E-state index contributed by atoms with van der Waals surface area (Å²) < 4.78 is 11.9. The lowest BCUT2D eigenvalue weighted by Gasteiger charge is -2.30. The third-order valence-electron chi connectivity index (χ3n) is 5.43. The second-order valence-electron chi connectivity index (χ2n) is 7.60. The molecule has 1 unspecified atom stereocenters. The Hall–Kier alpha value is -3.89. The number of rotatable bonds is 5. The van der Waals surface area contributed by atoms with Crippen LogP contribution in [0.25, 0.3) is 11.4 Å². The summed E-state index contributed by atoms with van der Waals surface area (Å²) in [6.45, 7) is 2.38. The van der Waals surface area contributed by atoms with Crippen molar-refractivity contribution in [3.05, 3.63) is 52.5 Å². The molecule has 32 heavy (non-hydrogen) atoms. The van der Waals surface area contributed by atoms with Gasteiger partial charge in [0.25, 0.3) is 11.5 Å². The Morgan fingerprint density at radius 1 is 1.16 bits per heavy atom. The molecular weight excluding hydrogens is 414 g/mol. The molecule has 3 aromatic heterocycles. The van der Waals surface area contributed by atoms with E-state index in [4.69, 9.17) is 14.5 Å². The minimum absolute atomic E-state index is 0.0700. The summed E-state index contributed by atoms with van der Waals surface area (Å²) in [6.07, 6.45) is 5.18. The van der Waals surface area contributed by atoms with Crippen LogP contribution < -0.4 is 20.3 Å². The molecule has 11 heteroatoms. The summed E-state index contributed by atoms with van der Waals surface area (Å²) in [4.78, 5) is 39.1. The fourth-order valence-corrected chi connectivity index (χ4v) is 3.79. The molecule has 0 bridgehead atoms. The predicted octanol–water partition coefficient (Wildman–Crippen LogP) is 1.34. The molecular formula is C21H23N7O4. The number of amides is 1. The third-order valence-corrected chi connectivity index (χ3v) is 5.43. The first-order valence-corrected chi connectivity index (χ1v) is 10.1. The second kappa shape index (κ2) is 8.69. The first-order valence-electron chi connectivity index (χ1n) is 10.1. The highest BCUT2D eigenvalue weighted by atomic mass is 16.5. The van der Waals surface area contributed by atoms with Crippen molar-refractivity contribution in [2.75, 3.05) is 14.2 Å². The molecule has 0 saturated carbocycles. The average molecular weight is 437 g/mol. The molecule has 0 spiro atoms. The molecule has 0 aliphatic carbocycles. The van der Waals surface area contributed by atoms with E-state index in [1.807, 2.05) is 6.92 Å². The minimum Gasteiger partial charge on any atom is -0.480 e. The minimum atomic E-state index is -0.919. The van der Waals surface area contributed by atoms with E-state index in [-0.39, 0.29) is 22.9 Å². The van der Waals surface area contributed by atoms with Crippen molar-refractivity contribution in [1.82, 2.24) is 35.0 Å². The number of nitrogens with zero attached hydrogens (tertiary/aromatic N) is 6. The van der Waals surface area contributed by atoms with Gasteiger partial charge in [-0.25, -0.2) is 15.0 Å². The zero-order chi connectivity index (χ0) is 22.7. The van der Waals surface area contributed by atoms with Gasteiger partial charge >= 0.3 is 0 Å². The SMILES string of the molecule is COc1cc(C(=O)NC2(C)CCCCn3c2nc(-c2ccncn2)cc3=O)c(OC)nn1. The fourth-order valence-electron chi connectivity index (χ4n) is 3.79. The van der Waals surface area contributed by atoms with Gasteiger partial charge in [0.15, 0.2) is 0 Å². The molecule has 166 valence electrons. The summed E-state index contributed by atoms with van der Waals surface area (Å²) in [5, 5.41) is 10.8. The van der Waals surface area contributed by atoms with Gasteiger partial charge in [0.1, 0.15) is 17.7 Å². The predicted molar refractivity (Wildman–Crippen MR) is 113 cm³/mol. The van der Waals surface area contributed by atoms with Crippen LogP contribution in [-0.4, -0.2) is 49.8 Å². The highest BCUT2D eigenvalue weighted by Gasteiger charge is 2.36. The van der Waals surface area contributed by atoms with E-state index in [9.17, 15) is 9.59 Å². The molecule has 1 N–H and O–H groups in total. The quantitative estimate of drug-likeness (QED) is 0.627. The zero-order valence-corrected chi connectivity index (χ0v) is 18.0. The monoisotopic (exact) mass is 437 g/mol. The molecule has 0 radical (unpaired) electrons. The van der Waals surface area contributed by atoms with Crippen LogP contribution in [0.15, 0.2) is 35.5 Å². The van der Waals surface area contributed by atoms with Crippen LogP contribution >= 0.6 is 0 Å². The van der Waals surface area contributed by atoms with Crippen LogP contribution in [0.3, 0.4) is 0 Å². The average Bonchev–Trinajstić information content (AvgIpc) is 2.98. The molecule has 1 atom stereocenters. The van der Waals surface area contributed by atoms with Crippen molar-refractivity contribution >= 4 is 5.91 Å². The van der Waals surface area contributed by atoms with Crippen molar-refractivity contribution in [2.45, 2.75) is 38.3 Å². The van der Waals surface area contributed by atoms with Crippen LogP contribution in [0.1, 0.15) is 42.4 Å². The molecule has 4 heterocycles. The first-order chi connectivity index (χ1) is 15.4. The Kier molecular flexibility index (Phi) is 5.80. The Bertz CT molecular complexity index is 1200. The van der Waals surface area contributed by atoms with E-state index < -0.39 is 11.4 Å². The lowest BCUT2D eigenvalue weighted by atomic mass is 9.94. The van der Waals surface area contributed by atoms with Crippen molar-refractivity contribution < 1.29 is 14.3 Å². The van der Waals surface area contributed by atoms with Crippen molar-refractivity contribution in [2.24, 2.45) is 0 Å². The highest BCUT2D eigenvalue weighted by molar-refractivity contribution is 5.97. The topological polar surface area (TPSA) is 134 Å². The van der Waals surface area contributed by atoms with Gasteiger partial charge in [-0.2, -0.15) is 0 Å². The van der Waals surface area contributed by atoms with E-state index in [0.29, 0.717) is 30.2 Å². The number of carbonyl (C=O) groups excluding carboxylic acids is 1. The molecule has 4 rings (SSSR count). The molecule has 0 fully saturated rings. The lowest BCUT2D eigenvalue weighted by Crippen LogP contribution is -2.47. The maximum absolute atomic E-state index is 13.3. The van der Waals surface area contributed by atoms with Gasteiger partial charge < -0.3 is 14.8 Å². The molecule has 11 nitrogen and oxygen atoms in total. The van der Waals surface area contributed by atoms with Gasteiger partial charge in [-0.15, -0.1) is 10.2 Å². The van der Waals surface area contributed by atoms with Gasteiger partial charge in [-0.1, -0.05) is 0 Å². The number of hydrogen-bond donors (Lipinski definition) is 1. The smallest absolute Gasteiger partial charge is 0.257 e. The second-order valence-corrected chi connectivity index (χ2v) is 7.60. The third kappa shape index (κ3) is 4.01. The van der Waals surface area contributed by atoms with Crippen LogP contribution in [0.2, 0.25) is 0 Å². The largest absolute Gasteiger partial charge is 0.480 e. The summed E-state index contributed by atoms with van der Waals surface area (Å²) in [5.41, 5.74) is 0.0117. The lowest BCUT2D eigenvalue weighted by molar-refractivity contribution is 0.0889. The summed E-state index contributed by atoms with van der Waals surface area (Å²) >= 11 is 0. The van der Waals surface area contributed by atoms with E-state index in [1.165, 1.54) is 32.7 Å². The van der Waals surface area contributed by atoms with Crippen molar-refractivity contribution in [1.29, 1.82) is 0 Å². The molecule has 0 saturated heterocycles. The Morgan fingerprint density at radius 2 is 2.00 bits per heavy atom. The number of fused-ring (bicyclic) bond motifs is 1. The Balaban J connectivity index is 1.78. The standard InChI is InChI=1S/C21H23N7O4/c1-21(25-18(30)13-10-16(31-2)26-27-19(13)32-3)7-4-5-9-28-17(29)11-15(24-20(21)28)14-6-8-22-12-23-14/h6,8,10-12H,4-5,7,9H2,1-3H3,(H,25,30). The van der Waals surface area contributed by atoms with Gasteiger partial charge in [0.05, 0.1) is 31.1 Å². The van der Waals surface area contributed by atoms with E-state index in [2.05, 4.69) is 25.5 Å². The first kappa shape index (κ1) is 21.3. The van der Waals surface area contributed by atoms with Crippen LogP contribution in [0.5, 0.6) is 11.8 Å². The maximum atomic E-state index is 13.3. The Labute approximate surface area is 183 Å². The number of ether oxygens (including phenoxy) is 2. The van der Waals surface area contributed by atoms with Crippen molar-refractivity contribution in [3.8, 4) is 23.1 Å². The number of nitrogens with one attached hydrogen (secondary N) is 1. The molecule has 0 aromatic carbocycles. The van der Waals surface area contributed by atoms with Gasteiger partial charge in [-0.05, 0) is 32.3 Å². The van der Waals surface area contributed by atoms with Crippen molar-refractivity contribution in [3.63, 3.8) is 0 Å². The highest BCUT2D eigenvalue weighted by Crippen LogP contribution is 2.30. The molecule has 3 aromatic rings. The van der Waals surface area contributed by atoms with E-state index >= 15 is 0 Å². The number of methoxy groups -OCH3 is 2. The van der Waals surface area contributed by atoms with Gasteiger partial charge in [0.2, 0.25) is 11.8 Å². The van der Waals surface area contributed by atoms with Crippen LogP contribution in [0.4, 0.5) is 0 Å². The summed E-state index contributed by atoms with van der Waals surface area (Å²) in [5.74, 6) is 0.286. The molecule has 1 aliphatic heterocycles. The summed E-state index contributed by atoms with van der Waals surface area (Å²) in [7, 11) is 2.84. The van der Waals surface area contributed by atoms with E-state index in [1.54, 1.807) is 16.8 Å². The normalized spacial score (nSPS) is 17.7. The Morgan fingerprint density at radius 3 is 2.72 bits per heavy atom. The summed E-state index contributed by atoms with van der Waals surface area (Å²) in [6, 6.07) is 4.60. The molecule has 1 amide bonds. The molecule has 1 aliphatic rings. The number of hydrogen-bond acceptors (Lipinski definition) is 9. The van der Waals surface area contributed by atoms with E-state index in [0.717, 1.165) is 12.8 Å². The number of carbonyl (C=O) groups is 1. The van der Waals surface area contributed by atoms with Crippen LogP contribution in [-0.2, 0) is 12.1 Å². The fraction of sp³-hybridized carbons (Fsp3) is 0.381. The van der Waals surface area contributed by atoms with Gasteiger partial charge in [-0.3, -0.25) is 14.2 Å². The van der Waals surface area contributed by atoms with Gasteiger partial charge in [0, 0.05) is 24.9 Å².